The van der Waals surface area contributed by atoms with Gasteiger partial charge in [-0.25, -0.2) is 4.98 Å². The first kappa shape index (κ1) is 13.6. The second-order valence-corrected chi connectivity index (χ2v) is 8.55. The largest absolute Gasteiger partial charge is 0.323 e. The van der Waals surface area contributed by atoms with Crippen LogP contribution in [0.2, 0.25) is 0 Å². The molecule has 19 heavy (non-hydrogen) atoms. The molecule has 0 amide bonds. The van der Waals surface area contributed by atoms with Crippen molar-refractivity contribution < 1.29 is 0 Å². The Labute approximate surface area is 120 Å². The monoisotopic (exact) mass is 278 g/mol. The molecule has 1 aromatic rings. The molecule has 2 nitrogen and oxygen atoms in total. The number of nitrogens with two attached hydrogens (primary N) is 1. The lowest BCUT2D eigenvalue weighted by Crippen LogP contribution is -2.28. The molecule has 3 heteroatoms. The Bertz CT molecular complexity index is 463. The van der Waals surface area contributed by atoms with Crippen molar-refractivity contribution in [3.05, 3.63) is 15.6 Å². The Balaban J connectivity index is 1.86. The molecule has 1 heterocycles. The lowest BCUT2D eigenvalue weighted by atomic mass is 9.76. The molecule has 0 aliphatic heterocycles. The van der Waals surface area contributed by atoms with E-state index in [4.69, 9.17) is 10.7 Å². The quantitative estimate of drug-likeness (QED) is 0.826. The zero-order chi connectivity index (χ0) is 13.6. The van der Waals surface area contributed by atoms with Crippen molar-refractivity contribution >= 4 is 11.3 Å². The summed E-state index contributed by atoms with van der Waals surface area (Å²) in [5.41, 5.74) is 7.99. The Morgan fingerprint density at radius 1 is 1.32 bits per heavy atom. The van der Waals surface area contributed by atoms with Gasteiger partial charge in [-0.2, -0.15) is 0 Å². The zero-order valence-electron chi connectivity index (χ0n) is 12.4. The molecule has 0 spiro atoms. The summed E-state index contributed by atoms with van der Waals surface area (Å²) in [7, 11) is 0. The molecule has 2 N–H and O–H groups in total. The van der Waals surface area contributed by atoms with Crippen LogP contribution >= 0.6 is 11.3 Å². The van der Waals surface area contributed by atoms with Crippen LogP contribution in [0.25, 0.3) is 0 Å². The minimum Gasteiger partial charge on any atom is -0.323 e. The van der Waals surface area contributed by atoms with E-state index in [9.17, 15) is 0 Å². The number of hydrogen-bond acceptors (Lipinski definition) is 3. The highest BCUT2D eigenvalue weighted by atomic mass is 32.1. The molecular weight excluding hydrogens is 252 g/mol. The molecule has 1 fully saturated rings. The second kappa shape index (κ2) is 4.85. The van der Waals surface area contributed by atoms with E-state index in [1.165, 1.54) is 41.3 Å². The van der Waals surface area contributed by atoms with Crippen LogP contribution < -0.4 is 5.73 Å². The highest BCUT2D eigenvalue weighted by molar-refractivity contribution is 7.12. The summed E-state index contributed by atoms with van der Waals surface area (Å²) in [4.78, 5) is 6.38. The first-order chi connectivity index (χ1) is 8.94. The SMILES string of the molecule is CC1CCCC(c2nc3c(s2)C(N)CC(C)(C)C3)C1. The van der Waals surface area contributed by atoms with Crippen LogP contribution in [0.1, 0.15) is 80.4 Å². The molecule has 3 unspecified atom stereocenters. The molecule has 106 valence electrons. The predicted molar refractivity (Wildman–Crippen MR) is 81.5 cm³/mol. The van der Waals surface area contributed by atoms with Gasteiger partial charge in [-0.1, -0.05) is 33.6 Å². The topological polar surface area (TPSA) is 38.9 Å². The van der Waals surface area contributed by atoms with E-state index >= 15 is 0 Å². The molecule has 3 atom stereocenters. The Morgan fingerprint density at radius 3 is 2.84 bits per heavy atom. The fraction of sp³-hybridized carbons (Fsp3) is 0.812. The summed E-state index contributed by atoms with van der Waals surface area (Å²) < 4.78 is 0. The first-order valence-electron chi connectivity index (χ1n) is 7.70. The van der Waals surface area contributed by atoms with Gasteiger partial charge < -0.3 is 5.73 Å². The highest BCUT2D eigenvalue weighted by Crippen LogP contribution is 2.45. The summed E-state index contributed by atoms with van der Waals surface area (Å²) in [5, 5.41) is 1.38. The van der Waals surface area contributed by atoms with Crippen LogP contribution in [0.5, 0.6) is 0 Å². The minimum atomic E-state index is 0.214. The Morgan fingerprint density at radius 2 is 2.11 bits per heavy atom. The number of rotatable bonds is 1. The Kier molecular flexibility index (Phi) is 3.46. The first-order valence-corrected chi connectivity index (χ1v) is 8.51. The lowest BCUT2D eigenvalue weighted by molar-refractivity contribution is 0.282. The third kappa shape index (κ3) is 2.73. The van der Waals surface area contributed by atoms with Crippen molar-refractivity contribution in [1.82, 2.24) is 4.98 Å². The third-order valence-electron chi connectivity index (χ3n) is 4.79. The maximum atomic E-state index is 6.36. The van der Waals surface area contributed by atoms with E-state index in [1.54, 1.807) is 0 Å². The van der Waals surface area contributed by atoms with E-state index < -0.39 is 0 Å². The number of nitrogens with zero attached hydrogens (tertiary/aromatic N) is 1. The van der Waals surface area contributed by atoms with E-state index in [0.29, 0.717) is 11.3 Å². The maximum absolute atomic E-state index is 6.36. The third-order valence-corrected chi connectivity index (χ3v) is 6.18. The van der Waals surface area contributed by atoms with Crippen molar-refractivity contribution in [1.29, 1.82) is 0 Å². The molecule has 0 saturated heterocycles. The van der Waals surface area contributed by atoms with Gasteiger partial charge in [0.1, 0.15) is 0 Å². The van der Waals surface area contributed by atoms with E-state index in [2.05, 4.69) is 20.8 Å². The van der Waals surface area contributed by atoms with Crippen LogP contribution in [-0.4, -0.2) is 4.98 Å². The van der Waals surface area contributed by atoms with Crippen molar-refractivity contribution in [3.63, 3.8) is 0 Å². The van der Waals surface area contributed by atoms with Crippen LogP contribution in [0, 0.1) is 11.3 Å². The summed E-state index contributed by atoms with van der Waals surface area (Å²) >= 11 is 1.92. The van der Waals surface area contributed by atoms with E-state index in [1.807, 2.05) is 11.3 Å². The van der Waals surface area contributed by atoms with Gasteiger partial charge in [0.05, 0.1) is 10.7 Å². The summed E-state index contributed by atoms with van der Waals surface area (Å²) in [6.45, 7) is 7.02. The normalized spacial score (nSPS) is 34.0. The van der Waals surface area contributed by atoms with Gasteiger partial charge in [0.25, 0.3) is 0 Å². The molecule has 1 aromatic heterocycles. The molecule has 2 aliphatic rings. The predicted octanol–water partition coefficient (Wildman–Crippen LogP) is 4.41. The maximum Gasteiger partial charge on any atom is 0.0962 e. The van der Waals surface area contributed by atoms with Gasteiger partial charge in [-0.3, -0.25) is 0 Å². The molecule has 3 rings (SSSR count). The smallest absolute Gasteiger partial charge is 0.0962 e. The number of fused-ring (bicyclic) bond motifs is 1. The summed E-state index contributed by atoms with van der Waals surface area (Å²) in [6.07, 6.45) is 7.62. The average Bonchev–Trinajstić information content (AvgIpc) is 2.71. The zero-order valence-corrected chi connectivity index (χ0v) is 13.2. The summed E-state index contributed by atoms with van der Waals surface area (Å²) in [5.74, 6) is 1.57. The van der Waals surface area contributed by atoms with Crippen molar-refractivity contribution in [2.75, 3.05) is 0 Å². The van der Waals surface area contributed by atoms with Crippen molar-refractivity contribution in [2.45, 2.75) is 71.3 Å². The molecule has 1 saturated carbocycles. The van der Waals surface area contributed by atoms with Gasteiger partial charge in [-0.15, -0.1) is 11.3 Å². The fourth-order valence-electron chi connectivity index (χ4n) is 3.85. The number of aromatic nitrogens is 1. The van der Waals surface area contributed by atoms with Gasteiger partial charge in [0.2, 0.25) is 0 Å². The second-order valence-electron chi connectivity index (χ2n) is 7.48. The van der Waals surface area contributed by atoms with Gasteiger partial charge >= 0.3 is 0 Å². The van der Waals surface area contributed by atoms with Crippen LogP contribution in [0.15, 0.2) is 0 Å². The number of hydrogen-bond donors (Lipinski definition) is 1. The van der Waals surface area contributed by atoms with Gasteiger partial charge in [-0.05, 0) is 37.0 Å². The molecule has 0 bridgehead atoms. The molecule has 0 aromatic carbocycles. The number of thiazole rings is 1. The fourth-order valence-corrected chi connectivity index (χ4v) is 5.08. The highest BCUT2D eigenvalue weighted by Gasteiger charge is 2.34. The van der Waals surface area contributed by atoms with E-state index in [0.717, 1.165) is 18.8 Å². The Hall–Kier alpha value is -0.410. The lowest BCUT2D eigenvalue weighted by Gasteiger charge is -2.32. The molecule has 2 aliphatic carbocycles. The van der Waals surface area contributed by atoms with Crippen molar-refractivity contribution in [2.24, 2.45) is 17.1 Å². The van der Waals surface area contributed by atoms with Crippen LogP contribution in [0.3, 0.4) is 0 Å². The van der Waals surface area contributed by atoms with Gasteiger partial charge in [0, 0.05) is 16.8 Å². The standard InChI is InChI=1S/C16H26N2S/c1-10-5-4-6-11(7-10)15-18-13-9-16(2,3)8-12(17)14(13)19-15/h10-12H,4-9,17H2,1-3H3. The summed E-state index contributed by atoms with van der Waals surface area (Å²) in [6, 6.07) is 0.214. The van der Waals surface area contributed by atoms with Crippen LogP contribution in [-0.2, 0) is 6.42 Å². The van der Waals surface area contributed by atoms with Crippen LogP contribution in [0.4, 0.5) is 0 Å². The van der Waals surface area contributed by atoms with Gasteiger partial charge in [0.15, 0.2) is 0 Å². The van der Waals surface area contributed by atoms with E-state index in [-0.39, 0.29) is 6.04 Å². The van der Waals surface area contributed by atoms with Crippen molar-refractivity contribution in [3.8, 4) is 0 Å². The molecular formula is C16H26N2S. The minimum absolute atomic E-state index is 0.214. The average molecular weight is 278 g/mol. The molecule has 0 radical (unpaired) electrons.